The van der Waals surface area contributed by atoms with Crippen LogP contribution in [0.1, 0.15) is 26.7 Å². The Morgan fingerprint density at radius 3 is 2.46 bits per heavy atom. The lowest BCUT2D eigenvalue weighted by Gasteiger charge is -2.20. The molecule has 3 nitrogen and oxygen atoms in total. The highest BCUT2D eigenvalue weighted by atomic mass is 16.5. The summed E-state index contributed by atoms with van der Waals surface area (Å²) in [6.07, 6.45) is 2.45. The van der Waals surface area contributed by atoms with Crippen molar-refractivity contribution in [2.45, 2.75) is 38.9 Å². The van der Waals surface area contributed by atoms with Gasteiger partial charge in [0, 0.05) is 6.54 Å². The van der Waals surface area contributed by atoms with Gasteiger partial charge < -0.3 is 14.7 Å². The third-order valence-electron chi connectivity index (χ3n) is 2.29. The minimum atomic E-state index is -0.319. The molecule has 0 unspecified atom stereocenters. The Hall–Kier alpha value is -0.120. The largest absolute Gasteiger partial charge is 0.389 e. The van der Waals surface area contributed by atoms with Gasteiger partial charge in [-0.25, -0.2) is 0 Å². The lowest BCUT2D eigenvalue weighted by molar-refractivity contribution is -0.00580. The number of likely N-dealkylation sites (tertiary alicyclic amines) is 1. The highest BCUT2D eigenvalue weighted by molar-refractivity contribution is 4.69. The van der Waals surface area contributed by atoms with E-state index in [0.717, 1.165) is 19.6 Å². The van der Waals surface area contributed by atoms with Gasteiger partial charge in [0.1, 0.15) is 0 Å². The number of ether oxygens (including phenoxy) is 1. The van der Waals surface area contributed by atoms with Gasteiger partial charge >= 0.3 is 0 Å². The molecule has 1 fully saturated rings. The average Bonchev–Trinajstić information content (AvgIpc) is 2.53. The summed E-state index contributed by atoms with van der Waals surface area (Å²) in [5.41, 5.74) is 0. The third-order valence-corrected chi connectivity index (χ3v) is 2.29. The van der Waals surface area contributed by atoms with Crippen LogP contribution in [-0.4, -0.2) is 48.5 Å². The standard InChI is InChI=1S/C10H21NO2/c1-9(2)13-8-10(12)7-11-5-3-4-6-11/h9-10,12H,3-8H2,1-2H3/t10-/m1/s1. The highest BCUT2D eigenvalue weighted by Crippen LogP contribution is 2.07. The Morgan fingerprint density at radius 1 is 1.31 bits per heavy atom. The Labute approximate surface area is 80.7 Å². The molecule has 0 aromatic heterocycles. The second-order valence-electron chi connectivity index (χ2n) is 4.04. The third kappa shape index (κ3) is 4.60. The van der Waals surface area contributed by atoms with Gasteiger partial charge in [-0.1, -0.05) is 0 Å². The summed E-state index contributed by atoms with van der Waals surface area (Å²) in [7, 11) is 0. The molecule has 0 bridgehead atoms. The van der Waals surface area contributed by atoms with Crippen molar-refractivity contribution in [2.24, 2.45) is 0 Å². The first-order valence-corrected chi connectivity index (χ1v) is 5.20. The maximum absolute atomic E-state index is 9.59. The molecule has 0 spiro atoms. The van der Waals surface area contributed by atoms with Crippen LogP contribution in [0.5, 0.6) is 0 Å². The molecule has 3 heteroatoms. The van der Waals surface area contributed by atoms with Gasteiger partial charge in [0.05, 0.1) is 18.8 Å². The van der Waals surface area contributed by atoms with Crippen LogP contribution in [0, 0.1) is 0 Å². The van der Waals surface area contributed by atoms with Crippen LogP contribution in [0.3, 0.4) is 0 Å². The smallest absolute Gasteiger partial charge is 0.0900 e. The number of aliphatic hydroxyl groups is 1. The predicted octanol–water partition coefficient (Wildman–Crippen LogP) is 0.868. The topological polar surface area (TPSA) is 32.7 Å². The highest BCUT2D eigenvalue weighted by Gasteiger charge is 2.15. The molecule has 0 aromatic carbocycles. The molecule has 0 saturated carbocycles. The van der Waals surface area contributed by atoms with Crippen LogP contribution in [0.4, 0.5) is 0 Å². The van der Waals surface area contributed by atoms with Crippen molar-refractivity contribution in [2.75, 3.05) is 26.2 Å². The Morgan fingerprint density at radius 2 is 1.92 bits per heavy atom. The first-order valence-electron chi connectivity index (χ1n) is 5.20. The summed E-state index contributed by atoms with van der Waals surface area (Å²) in [6.45, 7) is 7.49. The van der Waals surface area contributed by atoms with Gasteiger partial charge in [-0.3, -0.25) is 0 Å². The minimum Gasteiger partial charge on any atom is -0.389 e. The maximum atomic E-state index is 9.59. The van der Waals surface area contributed by atoms with Gasteiger partial charge in [-0.2, -0.15) is 0 Å². The van der Waals surface area contributed by atoms with Crippen LogP contribution < -0.4 is 0 Å². The van der Waals surface area contributed by atoms with Crippen molar-refractivity contribution in [1.82, 2.24) is 4.90 Å². The molecule has 0 amide bonds. The number of hydrogen-bond acceptors (Lipinski definition) is 3. The van der Waals surface area contributed by atoms with Gasteiger partial charge in [-0.05, 0) is 39.8 Å². The summed E-state index contributed by atoms with van der Waals surface area (Å²) < 4.78 is 5.34. The van der Waals surface area contributed by atoms with Crippen molar-refractivity contribution in [3.8, 4) is 0 Å². The fraction of sp³-hybridized carbons (Fsp3) is 1.00. The fourth-order valence-electron chi connectivity index (χ4n) is 1.62. The normalized spacial score (nSPS) is 21.2. The summed E-state index contributed by atoms with van der Waals surface area (Å²) in [5, 5.41) is 9.59. The molecule has 0 radical (unpaired) electrons. The van der Waals surface area contributed by atoms with E-state index in [2.05, 4.69) is 4.90 Å². The molecule has 1 saturated heterocycles. The quantitative estimate of drug-likeness (QED) is 0.693. The molecule has 1 heterocycles. The number of rotatable bonds is 5. The van der Waals surface area contributed by atoms with Crippen LogP contribution in [0.15, 0.2) is 0 Å². The molecular weight excluding hydrogens is 166 g/mol. The van der Waals surface area contributed by atoms with E-state index in [1.54, 1.807) is 0 Å². The Bertz CT molecular complexity index is 133. The van der Waals surface area contributed by atoms with E-state index >= 15 is 0 Å². The minimum absolute atomic E-state index is 0.216. The van der Waals surface area contributed by atoms with E-state index < -0.39 is 0 Å². The molecule has 0 aliphatic carbocycles. The summed E-state index contributed by atoms with van der Waals surface area (Å²) in [6, 6.07) is 0. The molecule has 78 valence electrons. The van der Waals surface area contributed by atoms with E-state index in [9.17, 15) is 5.11 Å². The Kier molecular flexibility index (Phi) is 4.70. The molecule has 1 atom stereocenters. The van der Waals surface area contributed by atoms with Crippen LogP contribution >= 0.6 is 0 Å². The summed E-state index contributed by atoms with van der Waals surface area (Å²) in [5.74, 6) is 0. The first kappa shape index (κ1) is 11.0. The first-order chi connectivity index (χ1) is 6.18. The van der Waals surface area contributed by atoms with E-state index in [1.165, 1.54) is 12.8 Å². The van der Waals surface area contributed by atoms with Gasteiger partial charge in [0.2, 0.25) is 0 Å². The van der Waals surface area contributed by atoms with Crippen LogP contribution in [0.25, 0.3) is 0 Å². The fourth-order valence-corrected chi connectivity index (χ4v) is 1.62. The maximum Gasteiger partial charge on any atom is 0.0900 e. The lowest BCUT2D eigenvalue weighted by Crippen LogP contribution is -2.33. The number of nitrogens with zero attached hydrogens (tertiary/aromatic N) is 1. The van der Waals surface area contributed by atoms with Crippen molar-refractivity contribution in [3.05, 3.63) is 0 Å². The zero-order valence-electron chi connectivity index (χ0n) is 8.70. The molecule has 1 rings (SSSR count). The monoisotopic (exact) mass is 187 g/mol. The van der Waals surface area contributed by atoms with E-state index in [4.69, 9.17) is 4.74 Å². The SMILES string of the molecule is CC(C)OC[C@H](O)CN1CCCC1. The zero-order chi connectivity index (χ0) is 9.68. The molecule has 13 heavy (non-hydrogen) atoms. The second-order valence-corrected chi connectivity index (χ2v) is 4.04. The number of hydrogen-bond donors (Lipinski definition) is 1. The van der Waals surface area contributed by atoms with Gasteiger partial charge in [0.15, 0.2) is 0 Å². The van der Waals surface area contributed by atoms with Gasteiger partial charge in [-0.15, -0.1) is 0 Å². The van der Waals surface area contributed by atoms with Crippen molar-refractivity contribution in [3.63, 3.8) is 0 Å². The molecule has 1 aliphatic rings. The molecule has 0 aromatic rings. The van der Waals surface area contributed by atoms with E-state index in [1.807, 2.05) is 13.8 Å². The van der Waals surface area contributed by atoms with E-state index in [0.29, 0.717) is 6.61 Å². The van der Waals surface area contributed by atoms with Crippen molar-refractivity contribution in [1.29, 1.82) is 0 Å². The molecule has 1 aliphatic heterocycles. The van der Waals surface area contributed by atoms with Crippen LogP contribution in [0.2, 0.25) is 0 Å². The number of aliphatic hydroxyl groups excluding tert-OH is 1. The van der Waals surface area contributed by atoms with Crippen LogP contribution in [-0.2, 0) is 4.74 Å². The lowest BCUT2D eigenvalue weighted by atomic mass is 10.3. The van der Waals surface area contributed by atoms with Crippen molar-refractivity contribution < 1.29 is 9.84 Å². The average molecular weight is 187 g/mol. The summed E-state index contributed by atoms with van der Waals surface area (Å²) >= 11 is 0. The Balaban J connectivity index is 2.05. The van der Waals surface area contributed by atoms with Crippen molar-refractivity contribution >= 4 is 0 Å². The molecular formula is C10H21NO2. The zero-order valence-corrected chi connectivity index (χ0v) is 8.70. The second kappa shape index (κ2) is 5.58. The summed E-state index contributed by atoms with van der Waals surface area (Å²) in [4.78, 5) is 2.30. The predicted molar refractivity (Wildman–Crippen MR) is 52.8 cm³/mol. The van der Waals surface area contributed by atoms with Gasteiger partial charge in [0.25, 0.3) is 0 Å². The molecule has 1 N–H and O–H groups in total. The number of β-amino-alcohol motifs (C(OH)–C–C–N with tert-alkyl or cyclic N) is 1. The van der Waals surface area contributed by atoms with E-state index in [-0.39, 0.29) is 12.2 Å².